The molecule has 0 fully saturated rings. The van der Waals surface area contributed by atoms with E-state index in [0.717, 1.165) is 0 Å². The monoisotopic (exact) mass is 266 g/mol. The molecular weight excluding hydrogens is 252 g/mol. The first kappa shape index (κ1) is 14.6. The van der Waals surface area contributed by atoms with Crippen molar-refractivity contribution in [3.63, 3.8) is 0 Å². The second-order valence-electron chi connectivity index (χ2n) is 3.64. The van der Waals surface area contributed by atoms with Crippen LogP contribution in [0.3, 0.4) is 0 Å². The van der Waals surface area contributed by atoms with Gasteiger partial charge in [0.1, 0.15) is 6.54 Å². The summed E-state index contributed by atoms with van der Waals surface area (Å²) >= 11 is 0. The van der Waals surface area contributed by atoms with E-state index in [0.29, 0.717) is 5.56 Å². The minimum atomic E-state index is -0.548. The lowest BCUT2D eigenvalue weighted by Gasteiger charge is -2.05. The summed E-state index contributed by atoms with van der Waals surface area (Å²) in [4.78, 5) is 32.8. The highest BCUT2D eigenvalue weighted by atomic mass is 16.6. The van der Waals surface area contributed by atoms with Crippen LogP contribution in [0, 0.1) is 10.1 Å². The summed E-state index contributed by atoms with van der Waals surface area (Å²) in [6.07, 6.45) is -0.156. The van der Waals surface area contributed by atoms with Gasteiger partial charge in [0, 0.05) is 11.6 Å². The van der Waals surface area contributed by atoms with Crippen LogP contribution in [-0.4, -0.2) is 30.0 Å². The van der Waals surface area contributed by atoms with E-state index >= 15 is 0 Å². The van der Waals surface area contributed by atoms with Gasteiger partial charge in [-0.15, -0.1) is 0 Å². The molecule has 1 N–H and O–H groups in total. The van der Waals surface area contributed by atoms with E-state index in [1.807, 2.05) is 0 Å². The Kier molecular flexibility index (Phi) is 5.46. The number of hydrogen-bond acceptors (Lipinski definition) is 5. The zero-order valence-corrected chi connectivity index (χ0v) is 10.4. The predicted molar refractivity (Wildman–Crippen MR) is 66.4 cm³/mol. The van der Waals surface area contributed by atoms with Gasteiger partial charge in [-0.05, 0) is 6.92 Å². The van der Waals surface area contributed by atoms with Crippen molar-refractivity contribution in [2.75, 3.05) is 13.2 Å². The van der Waals surface area contributed by atoms with Gasteiger partial charge in [-0.1, -0.05) is 18.2 Å². The van der Waals surface area contributed by atoms with Crippen LogP contribution in [0.4, 0.5) is 5.69 Å². The van der Waals surface area contributed by atoms with Gasteiger partial charge in [-0.3, -0.25) is 19.7 Å². The number of nitrogens with zero attached hydrogens (tertiary/aromatic N) is 1. The van der Waals surface area contributed by atoms with Crippen LogP contribution in [0.25, 0.3) is 0 Å². The Hall–Kier alpha value is -2.44. The molecule has 0 saturated carbocycles. The van der Waals surface area contributed by atoms with Crippen LogP contribution in [0.15, 0.2) is 24.3 Å². The summed E-state index contributed by atoms with van der Waals surface area (Å²) < 4.78 is 4.64. The number of carbonyl (C=O) groups is 2. The predicted octanol–water partition coefficient (Wildman–Crippen LogP) is 0.817. The molecule has 0 radical (unpaired) electrons. The second-order valence-corrected chi connectivity index (χ2v) is 3.64. The van der Waals surface area contributed by atoms with Gasteiger partial charge >= 0.3 is 5.97 Å². The zero-order chi connectivity index (χ0) is 14.3. The molecule has 19 heavy (non-hydrogen) atoms. The first-order valence-electron chi connectivity index (χ1n) is 5.69. The molecule has 0 spiro atoms. The Morgan fingerprint density at radius 1 is 1.37 bits per heavy atom. The molecule has 1 rings (SSSR count). The summed E-state index contributed by atoms with van der Waals surface area (Å²) in [5.74, 6) is -1.01. The topological polar surface area (TPSA) is 98.5 Å². The molecule has 102 valence electrons. The fraction of sp³-hybridized carbons (Fsp3) is 0.333. The van der Waals surface area contributed by atoms with Crippen LogP contribution in [0.5, 0.6) is 0 Å². The van der Waals surface area contributed by atoms with Crippen molar-refractivity contribution in [1.29, 1.82) is 0 Å². The van der Waals surface area contributed by atoms with Gasteiger partial charge in [-0.25, -0.2) is 0 Å². The zero-order valence-electron chi connectivity index (χ0n) is 10.4. The number of esters is 1. The summed E-state index contributed by atoms with van der Waals surface area (Å²) in [6, 6.07) is 5.97. The first-order valence-corrected chi connectivity index (χ1v) is 5.69. The van der Waals surface area contributed by atoms with Crippen LogP contribution in [0.1, 0.15) is 12.5 Å². The number of para-hydroxylation sites is 1. The Balaban J connectivity index is 2.58. The molecule has 0 aliphatic rings. The van der Waals surface area contributed by atoms with E-state index in [2.05, 4.69) is 10.1 Å². The SMILES string of the molecule is CCOC(=O)CNC(=O)Cc1ccccc1[N+](=O)[O-]. The van der Waals surface area contributed by atoms with E-state index in [1.54, 1.807) is 13.0 Å². The van der Waals surface area contributed by atoms with E-state index in [-0.39, 0.29) is 25.3 Å². The highest BCUT2D eigenvalue weighted by Crippen LogP contribution is 2.17. The molecule has 1 amide bonds. The number of nitro benzene ring substituents is 1. The molecule has 0 atom stereocenters. The molecule has 1 aromatic rings. The molecule has 7 heteroatoms. The maximum Gasteiger partial charge on any atom is 0.325 e. The Morgan fingerprint density at radius 2 is 2.05 bits per heavy atom. The van der Waals surface area contributed by atoms with Crippen molar-refractivity contribution in [2.24, 2.45) is 0 Å². The summed E-state index contributed by atoms with van der Waals surface area (Å²) in [7, 11) is 0. The van der Waals surface area contributed by atoms with Crippen LogP contribution in [-0.2, 0) is 20.7 Å². The smallest absolute Gasteiger partial charge is 0.325 e. The molecule has 0 heterocycles. The average molecular weight is 266 g/mol. The van der Waals surface area contributed by atoms with Crippen molar-refractivity contribution in [1.82, 2.24) is 5.32 Å². The van der Waals surface area contributed by atoms with Crippen molar-refractivity contribution >= 4 is 17.6 Å². The number of rotatable bonds is 6. The fourth-order valence-electron chi connectivity index (χ4n) is 1.46. The molecule has 0 bridgehead atoms. The fourth-order valence-corrected chi connectivity index (χ4v) is 1.46. The molecule has 0 unspecified atom stereocenters. The Labute approximate surface area is 109 Å². The average Bonchev–Trinajstić information content (AvgIpc) is 2.37. The third-order valence-corrected chi connectivity index (χ3v) is 2.27. The van der Waals surface area contributed by atoms with Crippen LogP contribution >= 0.6 is 0 Å². The highest BCUT2D eigenvalue weighted by Gasteiger charge is 2.15. The van der Waals surface area contributed by atoms with Gasteiger partial charge in [0.05, 0.1) is 18.0 Å². The minimum Gasteiger partial charge on any atom is -0.465 e. The number of nitro groups is 1. The van der Waals surface area contributed by atoms with Crippen LogP contribution < -0.4 is 5.32 Å². The minimum absolute atomic E-state index is 0.117. The highest BCUT2D eigenvalue weighted by molar-refractivity contribution is 5.84. The molecule has 0 aromatic heterocycles. The third kappa shape index (κ3) is 4.74. The summed E-state index contributed by atoms with van der Waals surface area (Å²) in [5, 5.41) is 13.1. The molecule has 0 aliphatic heterocycles. The molecule has 1 aromatic carbocycles. The lowest BCUT2D eigenvalue weighted by molar-refractivity contribution is -0.385. The van der Waals surface area contributed by atoms with E-state index in [4.69, 9.17) is 0 Å². The maximum atomic E-state index is 11.6. The van der Waals surface area contributed by atoms with Crippen LogP contribution in [0.2, 0.25) is 0 Å². The number of carbonyl (C=O) groups excluding carboxylic acids is 2. The van der Waals surface area contributed by atoms with Gasteiger partial charge < -0.3 is 10.1 Å². The quantitative estimate of drug-likeness (QED) is 0.467. The maximum absolute atomic E-state index is 11.6. The van der Waals surface area contributed by atoms with Gasteiger partial charge in [0.25, 0.3) is 5.69 Å². The third-order valence-electron chi connectivity index (χ3n) is 2.27. The van der Waals surface area contributed by atoms with Gasteiger partial charge in [-0.2, -0.15) is 0 Å². The molecule has 0 saturated heterocycles. The van der Waals surface area contributed by atoms with E-state index < -0.39 is 16.8 Å². The first-order chi connectivity index (χ1) is 9.04. The van der Waals surface area contributed by atoms with Crippen molar-refractivity contribution in [3.05, 3.63) is 39.9 Å². The van der Waals surface area contributed by atoms with Gasteiger partial charge in [0.15, 0.2) is 0 Å². The Bertz CT molecular complexity index is 487. The number of benzene rings is 1. The van der Waals surface area contributed by atoms with Crippen molar-refractivity contribution < 1.29 is 19.2 Å². The van der Waals surface area contributed by atoms with Gasteiger partial charge in [0.2, 0.25) is 5.91 Å². The normalized spacial score (nSPS) is 9.74. The molecule has 0 aliphatic carbocycles. The largest absolute Gasteiger partial charge is 0.465 e. The molecular formula is C12H14N2O5. The Morgan fingerprint density at radius 3 is 2.68 bits per heavy atom. The number of ether oxygens (including phenoxy) is 1. The number of amides is 1. The molecule has 7 nitrogen and oxygen atoms in total. The van der Waals surface area contributed by atoms with Crippen molar-refractivity contribution in [2.45, 2.75) is 13.3 Å². The van der Waals surface area contributed by atoms with Crippen molar-refractivity contribution in [3.8, 4) is 0 Å². The summed E-state index contributed by atoms with van der Waals surface area (Å²) in [5.41, 5.74) is 0.183. The number of nitrogens with one attached hydrogen (secondary N) is 1. The second kappa shape index (κ2) is 7.10. The lowest BCUT2D eigenvalue weighted by atomic mass is 10.1. The van der Waals surface area contributed by atoms with E-state index in [9.17, 15) is 19.7 Å². The number of hydrogen-bond donors (Lipinski definition) is 1. The lowest BCUT2D eigenvalue weighted by Crippen LogP contribution is -2.31. The standard InChI is InChI=1S/C12H14N2O5/c1-2-19-12(16)8-13-11(15)7-9-5-3-4-6-10(9)14(17)18/h3-6H,2,7-8H2,1H3,(H,13,15). The van der Waals surface area contributed by atoms with E-state index in [1.165, 1.54) is 18.2 Å². The summed E-state index contributed by atoms with van der Waals surface area (Å²) in [6.45, 7) is 1.65.